The summed E-state index contributed by atoms with van der Waals surface area (Å²) >= 11 is 0. The number of nitrogens with one attached hydrogen (secondary N) is 1. The Hall–Kier alpha value is -0.900. The molecule has 0 saturated heterocycles. The molecule has 0 fully saturated rings. The molecule has 0 saturated carbocycles. The van der Waals surface area contributed by atoms with Crippen LogP contribution in [0.3, 0.4) is 0 Å². The second-order valence-electron chi connectivity index (χ2n) is 3.15. The molecule has 0 unspecified atom stereocenters. The predicted octanol–water partition coefficient (Wildman–Crippen LogP) is 0.0334. The van der Waals surface area contributed by atoms with Gasteiger partial charge in [0.05, 0.1) is 6.42 Å². The van der Waals surface area contributed by atoms with E-state index in [1.165, 1.54) is 6.92 Å². The van der Waals surface area contributed by atoms with Crippen molar-refractivity contribution in [1.82, 2.24) is 10.2 Å². The molecule has 0 aliphatic rings. The fourth-order valence-corrected chi connectivity index (χ4v) is 0.966. The van der Waals surface area contributed by atoms with Crippen LogP contribution in [0.2, 0.25) is 0 Å². The van der Waals surface area contributed by atoms with E-state index in [0.29, 0.717) is 6.54 Å². The smallest absolute Gasteiger partial charge is 0.229 e. The highest BCUT2D eigenvalue weighted by Crippen LogP contribution is 1.93. The van der Waals surface area contributed by atoms with Crippen molar-refractivity contribution >= 4 is 11.7 Å². The van der Waals surface area contributed by atoms with Gasteiger partial charge in [-0.3, -0.25) is 9.59 Å². The van der Waals surface area contributed by atoms with Gasteiger partial charge in [0.15, 0.2) is 0 Å². The monoisotopic (exact) mass is 186 g/mol. The highest BCUT2D eigenvalue weighted by atomic mass is 16.2. The van der Waals surface area contributed by atoms with Crippen LogP contribution in [0.15, 0.2) is 0 Å². The molecule has 76 valence electrons. The Morgan fingerprint density at radius 1 is 1.38 bits per heavy atom. The van der Waals surface area contributed by atoms with Gasteiger partial charge < -0.3 is 10.2 Å². The Kier molecular flexibility index (Phi) is 6.14. The zero-order valence-corrected chi connectivity index (χ0v) is 8.59. The van der Waals surface area contributed by atoms with Crippen LogP contribution in [0.5, 0.6) is 0 Å². The third-order valence-corrected chi connectivity index (χ3v) is 1.75. The Morgan fingerprint density at radius 2 is 2.00 bits per heavy atom. The van der Waals surface area contributed by atoms with E-state index in [-0.39, 0.29) is 18.1 Å². The summed E-state index contributed by atoms with van der Waals surface area (Å²) in [5.41, 5.74) is 0. The molecule has 0 spiro atoms. The fourth-order valence-electron chi connectivity index (χ4n) is 0.966. The standard InChI is InChI=1S/C9H18N2O2/c1-8(12)7-9(13)11(3)6-4-5-10-2/h10H,4-7H2,1-3H3. The zero-order valence-electron chi connectivity index (χ0n) is 8.59. The molecule has 4 nitrogen and oxygen atoms in total. The third-order valence-electron chi connectivity index (χ3n) is 1.75. The highest BCUT2D eigenvalue weighted by Gasteiger charge is 2.09. The van der Waals surface area contributed by atoms with Gasteiger partial charge in [-0.25, -0.2) is 0 Å². The van der Waals surface area contributed by atoms with Crippen LogP contribution in [-0.4, -0.2) is 43.8 Å². The minimum Gasteiger partial charge on any atom is -0.345 e. The minimum absolute atomic E-state index is 0.0239. The average molecular weight is 186 g/mol. The first-order chi connectivity index (χ1) is 6.07. The van der Waals surface area contributed by atoms with Crippen molar-refractivity contribution in [2.75, 3.05) is 27.2 Å². The molecule has 0 aliphatic heterocycles. The number of nitrogens with zero attached hydrogens (tertiary/aromatic N) is 1. The van der Waals surface area contributed by atoms with Gasteiger partial charge in [0, 0.05) is 13.6 Å². The molecule has 0 heterocycles. The molecule has 0 aliphatic carbocycles. The van der Waals surface area contributed by atoms with E-state index in [1.807, 2.05) is 7.05 Å². The molecule has 1 N–H and O–H groups in total. The number of carbonyl (C=O) groups is 2. The maximum Gasteiger partial charge on any atom is 0.229 e. The molecular weight excluding hydrogens is 168 g/mol. The Bertz CT molecular complexity index is 180. The number of ketones is 1. The van der Waals surface area contributed by atoms with Crippen molar-refractivity contribution in [1.29, 1.82) is 0 Å². The van der Waals surface area contributed by atoms with E-state index >= 15 is 0 Å². The van der Waals surface area contributed by atoms with Crippen LogP contribution in [0.4, 0.5) is 0 Å². The summed E-state index contributed by atoms with van der Waals surface area (Å²) in [5, 5.41) is 3.00. The van der Waals surface area contributed by atoms with Gasteiger partial charge in [-0.2, -0.15) is 0 Å². The Balaban J connectivity index is 3.63. The van der Waals surface area contributed by atoms with Gasteiger partial charge in [0.25, 0.3) is 0 Å². The number of hydrogen-bond donors (Lipinski definition) is 1. The van der Waals surface area contributed by atoms with Crippen molar-refractivity contribution in [3.63, 3.8) is 0 Å². The van der Waals surface area contributed by atoms with E-state index in [0.717, 1.165) is 13.0 Å². The molecular formula is C9H18N2O2. The molecule has 0 radical (unpaired) electrons. The summed E-state index contributed by atoms with van der Waals surface area (Å²) in [7, 11) is 3.60. The van der Waals surface area contributed by atoms with Crippen LogP contribution >= 0.6 is 0 Å². The number of carbonyl (C=O) groups excluding carboxylic acids is 2. The number of amides is 1. The van der Waals surface area contributed by atoms with E-state index in [4.69, 9.17) is 0 Å². The summed E-state index contributed by atoms with van der Waals surface area (Å²) in [6.07, 6.45) is 0.937. The van der Waals surface area contributed by atoms with Gasteiger partial charge in [0.2, 0.25) is 5.91 Å². The van der Waals surface area contributed by atoms with Gasteiger partial charge in [-0.15, -0.1) is 0 Å². The SMILES string of the molecule is CNCCCN(C)C(=O)CC(C)=O. The Morgan fingerprint density at radius 3 is 2.46 bits per heavy atom. The van der Waals surface area contributed by atoms with E-state index < -0.39 is 0 Å². The summed E-state index contributed by atoms with van der Waals surface area (Å²) in [6, 6.07) is 0. The molecule has 0 aromatic heterocycles. The van der Waals surface area contributed by atoms with Crippen LogP contribution in [0.25, 0.3) is 0 Å². The van der Waals surface area contributed by atoms with Crippen molar-refractivity contribution in [3.8, 4) is 0 Å². The predicted molar refractivity (Wildman–Crippen MR) is 51.5 cm³/mol. The first kappa shape index (κ1) is 12.1. The maximum absolute atomic E-state index is 11.2. The summed E-state index contributed by atoms with van der Waals surface area (Å²) < 4.78 is 0. The second-order valence-corrected chi connectivity index (χ2v) is 3.15. The van der Waals surface area contributed by atoms with Gasteiger partial charge in [-0.1, -0.05) is 0 Å². The lowest BCUT2D eigenvalue weighted by Gasteiger charge is -2.15. The van der Waals surface area contributed by atoms with Crippen LogP contribution in [0, 0.1) is 0 Å². The van der Waals surface area contributed by atoms with E-state index in [2.05, 4.69) is 5.32 Å². The molecule has 0 rings (SSSR count). The fraction of sp³-hybridized carbons (Fsp3) is 0.778. The molecule has 13 heavy (non-hydrogen) atoms. The van der Waals surface area contributed by atoms with Crippen molar-refractivity contribution in [2.24, 2.45) is 0 Å². The lowest BCUT2D eigenvalue weighted by molar-refractivity contribution is -0.133. The second kappa shape index (κ2) is 6.60. The highest BCUT2D eigenvalue weighted by molar-refractivity contribution is 5.96. The van der Waals surface area contributed by atoms with E-state index in [1.54, 1.807) is 11.9 Å². The third kappa shape index (κ3) is 6.28. The molecule has 1 amide bonds. The summed E-state index contributed by atoms with van der Waals surface area (Å²) in [4.78, 5) is 23.5. The molecule has 0 aromatic carbocycles. The van der Waals surface area contributed by atoms with Gasteiger partial charge >= 0.3 is 0 Å². The Labute approximate surface area is 79.3 Å². The quantitative estimate of drug-likeness (QED) is 0.470. The van der Waals surface area contributed by atoms with Crippen LogP contribution in [-0.2, 0) is 9.59 Å². The van der Waals surface area contributed by atoms with Crippen molar-refractivity contribution in [2.45, 2.75) is 19.8 Å². The summed E-state index contributed by atoms with van der Waals surface area (Å²) in [5.74, 6) is -0.172. The normalized spacial score (nSPS) is 9.77. The topological polar surface area (TPSA) is 49.4 Å². The molecule has 4 heteroatoms. The molecule has 0 aromatic rings. The van der Waals surface area contributed by atoms with Crippen molar-refractivity contribution in [3.05, 3.63) is 0 Å². The average Bonchev–Trinajstić information content (AvgIpc) is 2.03. The summed E-state index contributed by atoms with van der Waals surface area (Å²) in [6.45, 7) is 3.02. The van der Waals surface area contributed by atoms with Crippen LogP contribution < -0.4 is 5.32 Å². The number of rotatable bonds is 6. The van der Waals surface area contributed by atoms with Crippen molar-refractivity contribution < 1.29 is 9.59 Å². The lowest BCUT2D eigenvalue weighted by Crippen LogP contribution is -2.30. The lowest BCUT2D eigenvalue weighted by atomic mass is 10.3. The van der Waals surface area contributed by atoms with E-state index in [9.17, 15) is 9.59 Å². The first-order valence-electron chi connectivity index (χ1n) is 4.46. The van der Waals surface area contributed by atoms with Crippen LogP contribution in [0.1, 0.15) is 19.8 Å². The molecule has 0 bridgehead atoms. The number of hydrogen-bond acceptors (Lipinski definition) is 3. The number of Topliss-reactive ketones (excluding diaryl/α,β-unsaturated/α-hetero) is 1. The minimum atomic E-state index is -0.0939. The zero-order chi connectivity index (χ0) is 10.3. The largest absolute Gasteiger partial charge is 0.345 e. The first-order valence-corrected chi connectivity index (χ1v) is 4.46. The maximum atomic E-state index is 11.2. The molecule has 0 atom stereocenters. The van der Waals surface area contributed by atoms with Gasteiger partial charge in [-0.05, 0) is 26.9 Å². The van der Waals surface area contributed by atoms with Gasteiger partial charge in [0.1, 0.15) is 5.78 Å².